The molecule has 10 heteroatoms. The highest BCUT2D eigenvalue weighted by Gasteiger charge is 2.34. The molecule has 8 nitrogen and oxygen atoms in total. The third-order valence-electron chi connectivity index (χ3n) is 2.45. The zero-order valence-corrected chi connectivity index (χ0v) is 13.4. The molecule has 0 unspecified atom stereocenters. The minimum Gasteiger partial charge on any atom is -0.476 e. The second-order valence-corrected chi connectivity index (χ2v) is 7.18. The first kappa shape index (κ1) is 17.5. The van der Waals surface area contributed by atoms with Crippen LogP contribution in [-0.4, -0.2) is 53.9 Å². The van der Waals surface area contributed by atoms with E-state index in [1.165, 1.54) is 0 Å². The Morgan fingerprint density at radius 3 is 2.57 bits per heavy atom. The summed E-state index contributed by atoms with van der Waals surface area (Å²) in [5.74, 6) is -2.13. The van der Waals surface area contributed by atoms with Crippen LogP contribution >= 0.6 is 11.3 Å². The van der Waals surface area contributed by atoms with Crippen molar-refractivity contribution < 1.29 is 27.9 Å². The second kappa shape index (κ2) is 6.96. The van der Waals surface area contributed by atoms with Gasteiger partial charge in [0.25, 0.3) is 10.0 Å². The average molecular weight is 336 g/mol. The molecule has 21 heavy (non-hydrogen) atoms. The van der Waals surface area contributed by atoms with Gasteiger partial charge in [0.05, 0.1) is 12.1 Å². The van der Waals surface area contributed by atoms with E-state index in [1.807, 2.05) is 0 Å². The van der Waals surface area contributed by atoms with Crippen molar-refractivity contribution in [2.75, 3.05) is 13.2 Å². The number of nitrogens with zero attached hydrogens (tertiary/aromatic N) is 2. The lowest BCUT2D eigenvalue weighted by atomic mass is 10.4. The fraction of sp³-hybridized carbons (Fsp3) is 0.545. The number of aromatic carboxylic acids is 1. The lowest BCUT2D eigenvalue weighted by molar-refractivity contribution is -0.143. The Balaban J connectivity index is 3.19. The monoisotopic (exact) mass is 336 g/mol. The van der Waals surface area contributed by atoms with Crippen LogP contribution in [0.5, 0.6) is 0 Å². The zero-order valence-electron chi connectivity index (χ0n) is 11.8. The van der Waals surface area contributed by atoms with Gasteiger partial charge in [-0.15, -0.1) is 11.3 Å². The number of sulfonamides is 1. The van der Waals surface area contributed by atoms with Crippen molar-refractivity contribution in [1.82, 2.24) is 9.29 Å². The average Bonchev–Trinajstić information content (AvgIpc) is 2.85. The zero-order chi connectivity index (χ0) is 16.2. The molecule has 1 aromatic rings. The summed E-state index contributed by atoms with van der Waals surface area (Å²) in [6.45, 7) is 4.42. The summed E-state index contributed by atoms with van der Waals surface area (Å²) in [6, 6.07) is -0.539. The number of carboxylic acids is 1. The molecule has 0 aliphatic carbocycles. The number of hydrogen-bond acceptors (Lipinski definition) is 7. The number of carbonyl (C=O) groups is 2. The summed E-state index contributed by atoms with van der Waals surface area (Å²) in [5.41, 5.74) is 0.591. The van der Waals surface area contributed by atoms with Gasteiger partial charge in [0.1, 0.15) is 6.54 Å². The molecule has 0 spiro atoms. The number of carboxylic acid groups (broad SMARTS) is 1. The second-order valence-electron chi connectivity index (χ2n) is 4.24. The fourth-order valence-corrected chi connectivity index (χ4v) is 4.38. The van der Waals surface area contributed by atoms with Crippen molar-refractivity contribution in [3.05, 3.63) is 11.2 Å². The van der Waals surface area contributed by atoms with E-state index in [9.17, 15) is 18.0 Å². The predicted octanol–water partition coefficient (Wildman–Crippen LogP) is 0.803. The number of ether oxygens (including phenoxy) is 1. The summed E-state index contributed by atoms with van der Waals surface area (Å²) >= 11 is 0.697. The molecule has 0 fully saturated rings. The minimum atomic E-state index is -4.14. The summed E-state index contributed by atoms with van der Waals surface area (Å²) in [7, 11) is -4.14. The molecule has 0 amide bonds. The number of aromatic nitrogens is 1. The fourth-order valence-electron chi connectivity index (χ4n) is 1.55. The third-order valence-corrected chi connectivity index (χ3v) is 5.82. The van der Waals surface area contributed by atoms with Crippen LogP contribution in [0.25, 0.3) is 0 Å². The first-order valence-corrected chi connectivity index (χ1v) is 8.38. The molecule has 0 aliphatic rings. The molecule has 0 aliphatic heterocycles. The molecule has 1 rings (SSSR count). The van der Waals surface area contributed by atoms with Gasteiger partial charge in [-0.3, -0.25) is 4.79 Å². The number of rotatable bonds is 7. The smallest absolute Gasteiger partial charge is 0.356 e. The van der Waals surface area contributed by atoms with Gasteiger partial charge in [-0.1, -0.05) is 0 Å². The van der Waals surface area contributed by atoms with Crippen LogP contribution in [0.4, 0.5) is 0 Å². The molecular formula is C11H16N2O6S2. The Morgan fingerprint density at radius 1 is 1.48 bits per heavy atom. The Morgan fingerprint density at radius 2 is 2.10 bits per heavy atom. The summed E-state index contributed by atoms with van der Waals surface area (Å²) in [4.78, 5) is 26.1. The standard InChI is InChI=1S/C11H16N2O6S2/c1-4-19-8(14)5-13(7(2)3)21(17,18)11-9(10(15)16)12-6-20-11/h6-7H,4-5H2,1-3H3,(H,15,16). The molecule has 118 valence electrons. The summed E-state index contributed by atoms with van der Waals surface area (Å²) in [5, 5.41) is 8.97. The van der Waals surface area contributed by atoms with Gasteiger partial charge in [-0.25, -0.2) is 18.2 Å². The Kier molecular flexibility index (Phi) is 5.81. The highest BCUT2D eigenvalue weighted by Crippen LogP contribution is 2.25. The first-order chi connectivity index (χ1) is 9.71. The number of hydrogen-bond donors (Lipinski definition) is 1. The van der Waals surface area contributed by atoms with E-state index in [0.717, 1.165) is 9.82 Å². The highest BCUT2D eigenvalue weighted by molar-refractivity contribution is 7.91. The Bertz CT molecular complexity index is 622. The number of thiazole rings is 1. The molecule has 1 N–H and O–H groups in total. The number of carbonyl (C=O) groups excluding carboxylic acids is 1. The maximum absolute atomic E-state index is 12.5. The molecule has 0 atom stereocenters. The van der Waals surface area contributed by atoms with Crippen molar-refractivity contribution in [2.45, 2.75) is 31.0 Å². The van der Waals surface area contributed by atoms with Crippen LogP contribution < -0.4 is 0 Å². The quantitative estimate of drug-likeness (QED) is 0.733. The molecule has 1 aromatic heterocycles. The largest absolute Gasteiger partial charge is 0.476 e. The first-order valence-electron chi connectivity index (χ1n) is 6.06. The number of esters is 1. The van der Waals surface area contributed by atoms with E-state index in [0.29, 0.717) is 11.3 Å². The molecule has 0 radical (unpaired) electrons. The normalized spacial score (nSPS) is 11.9. The third kappa shape index (κ3) is 3.99. The van der Waals surface area contributed by atoms with Crippen molar-refractivity contribution in [2.24, 2.45) is 0 Å². The van der Waals surface area contributed by atoms with Crippen LogP contribution in [0.15, 0.2) is 9.72 Å². The van der Waals surface area contributed by atoms with Gasteiger partial charge in [0, 0.05) is 6.04 Å². The summed E-state index contributed by atoms with van der Waals surface area (Å²) < 4.78 is 30.3. The summed E-state index contributed by atoms with van der Waals surface area (Å²) in [6.07, 6.45) is 0. The van der Waals surface area contributed by atoms with E-state index in [2.05, 4.69) is 4.98 Å². The van der Waals surface area contributed by atoms with Gasteiger partial charge in [-0.05, 0) is 20.8 Å². The predicted molar refractivity (Wildman–Crippen MR) is 74.7 cm³/mol. The van der Waals surface area contributed by atoms with Gasteiger partial charge in [-0.2, -0.15) is 4.31 Å². The van der Waals surface area contributed by atoms with Gasteiger partial charge >= 0.3 is 11.9 Å². The van der Waals surface area contributed by atoms with Crippen molar-refractivity contribution in [3.63, 3.8) is 0 Å². The lowest BCUT2D eigenvalue weighted by Gasteiger charge is -2.24. The maximum Gasteiger partial charge on any atom is 0.356 e. The van der Waals surface area contributed by atoms with Crippen LogP contribution in [-0.2, 0) is 19.6 Å². The van der Waals surface area contributed by atoms with E-state index in [4.69, 9.17) is 9.84 Å². The van der Waals surface area contributed by atoms with Gasteiger partial charge in [0.15, 0.2) is 9.90 Å². The molecule has 0 bridgehead atoms. The molecule has 0 saturated heterocycles. The highest BCUT2D eigenvalue weighted by atomic mass is 32.2. The van der Waals surface area contributed by atoms with Crippen LogP contribution in [0.2, 0.25) is 0 Å². The molecule has 0 aromatic carbocycles. The molecule has 0 saturated carbocycles. The lowest BCUT2D eigenvalue weighted by Crippen LogP contribution is -2.41. The van der Waals surface area contributed by atoms with E-state index >= 15 is 0 Å². The van der Waals surface area contributed by atoms with E-state index < -0.39 is 44.5 Å². The van der Waals surface area contributed by atoms with Crippen molar-refractivity contribution in [3.8, 4) is 0 Å². The Labute approximate surface area is 126 Å². The Hall–Kier alpha value is -1.52. The van der Waals surface area contributed by atoms with Crippen LogP contribution in [0, 0.1) is 0 Å². The van der Waals surface area contributed by atoms with Crippen LogP contribution in [0.3, 0.4) is 0 Å². The van der Waals surface area contributed by atoms with E-state index in [-0.39, 0.29) is 6.61 Å². The van der Waals surface area contributed by atoms with E-state index in [1.54, 1.807) is 20.8 Å². The van der Waals surface area contributed by atoms with Crippen LogP contribution in [0.1, 0.15) is 31.3 Å². The maximum atomic E-state index is 12.5. The van der Waals surface area contributed by atoms with Crippen molar-refractivity contribution >= 4 is 33.3 Å². The minimum absolute atomic E-state index is 0.131. The SMILES string of the molecule is CCOC(=O)CN(C(C)C)S(=O)(=O)c1scnc1C(=O)O. The van der Waals surface area contributed by atoms with Crippen molar-refractivity contribution in [1.29, 1.82) is 0 Å². The molecule has 1 heterocycles. The van der Waals surface area contributed by atoms with Gasteiger partial charge < -0.3 is 9.84 Å². The van der Waals surface area contributed by atoms with Gasteiger partial charge in [0.2, 0.25) is 0 Å². The topological polar surface area (TPSA) is 114 Å². The molecular weight excluding hydrogens is 320 g/mol.